The highest BCUT2D eigenvalue weighted by atomic mass is 32.2. The van der Waals surface area contributed by atoms with Gasteiger partial charge in [-0.25, -0.2) is 0 Å². The molecule has 1 aliphatic rings. The molecule has 21 heavy (non-hydrogen) atoms. The molecule has 0 bridgehead atoms. The summed E-state index contributed by atoms with van der Waals surface area (Å²) in [6, 6.07) is 6.24. The van der Waals surface area contributed by atoms with Crippen LogP contribution in [0.15, 0.2) is 23.1 Å². The Kier molecular flexibility index (Phi) is 5.67. The fourth-order valence-electron chi connectivity index (χ4n) is 2.25. The number of carbonyl (C=O) groups excluding carboxylic acids is 1. The van der Waals surface area contributed by atoms with Crippen LogP contribution in [0.2, 0.25) is 0 Å². The second-order valence-corrected chi connectivity index (χ2v) is 6.69. The molecule has 2 N–H and O–H groups in total. The highest BCUT2D eigenvalue weighted by Gasteiger charge is 2.29. The number of hydrogen-bond acceptors (Lipinski definition) is 4. The van der Waals surface area contributed by atoms with E-state index in [9.17, 15) is 9.90 Å². The topological polar surface area (TPSA) is 58.6 Å². The van der Waals surface area contributed by atoms with Crippen LogP contribution >= 0.6 is 11.8 Å². The van der Waals surface area contributed by atoms with Gasteiger partial charge in [0, 0.05) is 37.5 Å². The normalized spacial score (nSPS) is 17.5. The molecule has 1 aromatic carbocycles. The van der Waals surface area contributed by atoms with E-state index < -0.39 is 5.60 Å². The largest absolute Gasteiger partial charge is 0.388 e. The zero-order valence-electron chi connectivity index (χ0n) is 12.6. The monoisotopic (exact) mass is 309 g/mol. The number of aryl methyl sites for hydroxylation is 2. The number of ether oxygens (including phenoxy) is 1. The Hall–Kier alpha value is -1.04. The first-order valence-corrected chi connectivity index (χ1v) is 8.24. The van der Waals surface area contributed by atoms with E-state index in [0.717, 1.165) is 4.90 Å². The van der Waals surface area contributed by atoms with Crippen molar-refractivity contribution in [2.75, 3.05) is 25.5 Å². The maximum atomic E-state index is 11.9. The minimum Gasteiger partial charge on any atom is -0.388 e. The van der Waals surface area contributed by atoms with Gasteiger partial charge >= 0.3 is 0 Å². The minimum atomic E-state index is -0.808. The van der Waals surface area contributed by atoms with Crippen molar-refractivity contribution < 1.29 is 14.6 Å². The Morgan fingerprint density at radius 3 is 2.81 bits per heavy atom. The molecule has 0 spiro atoms. The standard InChI is InChI=1S/C16H23NO3S/c1-12-3-4-13(2)14(9-12)21-10-15(18)17-11-16(19)5-7-20-8-6-16/h3-4,9,19H,5-8,10-11H2,1-2H3,(H,17,18). The SMILES string of the molecule is Cc1ccc(C)c(SCC(=O)NCC2(O)CCOCC2)c1. The lowest BCUT2D eigenvalue weighted by atomic mass is 9.94. The van der Waals surface area contributed by atoms with Gasteiger partial charge in [-0.05, 0) is 25.5 Å². The van der Waals surface area contributed by atoms with Gasteiger partial charge in [-0.2, -0.15) is 0 Å². The lowest BCUT2D eigenvalue weighted by Gasteiger charge is -2.32. The predicted octanol–water partition coefficient (Wildman–Crippen LogP) is 2.05. The molecule has 0 aliphatic carbocycles. The van der Waals surface area contributed by atoms with Crippen LogP contribution in [-0.4, -0.2) is 42.1 Å². The summed E-state index contributed by atoms with van der Waals surface area (Å²) in [5.74, 6) is 0.331. The summed E-state index contributed by atoms with van der Waals surface area (Å²) < 4.78 is 5.22. The highest BCUT2D eigenvalue weighted by molar-refractivity contribution is 8.00. The minimum absolute atomic E-state index is 0.0409. The van der Waals surface area contributed by atoms with Crippen molar-refractivity contribution in [3.63, 3.8) is 0 Å². The third kappa shape index (κ3) is 5.02. The van der Waals surface area contributed by atoms with Crippen LogP contribution in [-0.2, 0) is 9.53 Å². The quantitative estimate of drug-likeness (QED) is 0.817. The van der Waals surface area contributed by atoms with Gasteiger partial charge in [0.15, 0.2) is 0 Å². The molecule has 0 saturated carbocycles. The van der Waals surface area contributed by atoms with Crippen LogP contribution in [0.5, 0.6) is 0 Å². The van der Waals surface area contributed by atoms with Gasteiger partial charge in [-0.3, -0.25) is 4.79 Å². The Morgan fingerprint density at radius 2 is 2.10 bits per heavy atom. The zero-order chi connectivity index (χ0) is 15.3. The number of nitrogens with one attached hydrogen (secondary N) is 1. The number of benzene rings is 1. The van der Waals surface area contributed by atoms with Crippen LogP contribution in [0.4, 0.5) is 0 Å². The molecular weight excluding hydrogens is 286 g/mol. The number of carbonyl (C=O) groups is 1. The molecule has 0 aromatic heterocycles. The summed E-state index contributed by atoms with van der Waals surface area (Å²) in [6.07, 6.45) is 1.16. The molecule has 2 rings (SSSR count). The Morgan fingerprint density at radius 1 is 1.38 bits per heavy atom. The lowest BCUT2D eigenvalue weighted by Crippen LogP contribution is -2.47. The van der Waals surface area contributed by atoms with E-state index in [-0.39, 0.29) is 5.91 Å². The summed E-state index contributed by atoms with van der Waals surface area (Å²) in [7, 11) is 0. The molecule has 1 aromatic rings. The van der Waals surface area contributed by atoms with Crippen LogP contribution in [0.1, 0.15) is 24.0 Å². The number of thioether (sulfide) groups is 1. The fraction of sp³-hybridized carbons (Fsp3) is 0.562. The molecule has 1 saturated heterocycles. The molecule has 1 aliphatic heterocycles. The van der Waals surface area contributed by atoms with E-state index in [1.807, 2.05) is 13.8 Å². The second-order valence-electron chi connectivity index (χ2n) is 5.67. The van der Waals surface area contributed by atoms with Gasteiger partial charge < -0.3 is 15.2 Å². The summed E-state index contributed by atoms with van der Waals surface area (Å²) in [4.78, 5) is 13.1. The molecule has 1 heterocycles. The zero-order valence-corrected chi connectivity index (χ0v) is 13.5. The van der Waals surface area contributed by atoms with Gasteiger partial charge in [0.2, 0.25) is 5.91 Å². The van der Waals surface area contributed by atoms with Gasteiger partial charge in [-0.1, -0.05) is 17.7 Å². The fourth-order valence-corrected chi connectivity index (χ4v) is 3.20. The lowest BCUT2D eigenvalue weighted by molar-refractivity contribution is -0.121. The Balaban J connectivity index is 1.78. The van der Waals surface area contributed by atoms with Crippen molar-refractivity contribution in [2.24, 2.45) is 0 Å². The van der Waals surface area contributed by atoms with E-state index in [1.165, 1.54) is 22.9 Å². The first-order valence-electron chi connectivity index (χ1n) is 7.25. The molecule has 5 heteroatoms. The third-order valence-electron chi connectivity index (χ3n) is 3.74. The molecule has 0 atom stereocenters. The molecule has 1 amide bonds. The summed E-state index contributed by atoms with van der Waals surface area (Å²) in [5.41, 5.74) is 1.57. The van der Waals surface area contributed by atoms with E-state index >= 15 is 0 Å². The predicted molar refractivity (Wildman–Crippen MR) is 84.7 cm³/mol. The molecule has 1 fully saturated rings. The van der Waals surface area contributed by atoms with Crippen molar-refractivity contribution in [2.45, 2.75) is 37.2 Å². The average Bonchev–Trinajstić information content (AvgIpc) is 2.47. The van der Waals surface area contributed by atoms with Crippen LogP contribution < -0.4 is 5.32 Å². The number of rotatable bonds is 5. The number of hydrogen-bond donors (Lipinski definition) is 2. The van der Waals surface area contributed by atoms with Gasteiger partial charge in [0.1, 0.15) is 0 Å². The van der Waals surface area contributed by atoms with Crippen molar-refractivity contribution >= 4 is 17.7 Å². The van der Waals surface area contributed by atoms with Crippen molar-refractivity contribution in [1.82, 2.24) is 5.32 Å². The van der Waals surface area contributed by atoms with Crippen LogP contribution in [0.3, 0.4) is 0 Å². The first-order chi connectivity index (χ1) is 9.98. The third-order valence-corrected chi connectivity index (χ3v) is 4.90. The van der Waals surface area contributed by atoms with Gasteiger partial charge in [-0.15, -0.1) is 11.8 Å². The van der Waals surface area contributed by atoms with E-state index in [4.69, 9.17) is 4.74 Å². The highest BCUT2D eigenvalue weighted by Crippen LogP contribution is 2.23. The summed E-state index contributed by atoms with van der Waals surface area (Å²) in [6.45, 7) is 5.52. The van der Waals surface area contributed by atoms with E-state index in [2.05, 4.69) is 23.5 Å². The van der Waals surface area contributed by atoms with E-state index in [0.29, 0.717) is 38.4 Å². The van der Waals surface area contributed by atoms with Crippen molar-refractivity contribution in [3.8, 4) is 0 Å². The maximum absolute atomic E-state index is 11.9. The van der Waals surface area contributed by atoms with Gasteiger partial charge in [0.05, 0.1) is 11.4 Å². The molecule has 4 nitrogen and oxygen atoms in total. The molecule has 116 valence electrons. The number of amides is 1. The maximum Gasteiger partial charge on any atom is 0.230 e. The Bertz CT molecular complexity index is 498. The number of aliphatic hydroxyl groups is 1. The van der Waals surface area contributed by atoms with Crippen LogP contribution in [0.25, 0.3) is 0 Å². The Labute approximate surface area is 130 Å². The summed E-state index contributed by atoms with van der Waals surface area (Å²) in [5, 5.41) is 13.1. The van der Waals surface area contributed by atoms with E-state index in [1.54, 1.807) is 0 Å². The van der Waals surface area contributed by atoms with Gasteiger partial charge in [0.25, 0.3) is 0 Å². The smallest absolute Gasteiger partial charge is 0.230 e. The van der Waals surface area contributed by atoms with Crippen molar-refractivity contribution in [3.05, 3.63) is 29.3 Å². The molecular formula is C16H23NO3S. The second kappa shape index (κ2) is 7.29. The molecule has 0 radical (unpaired) electrons. The first kappa shape index (κ1) is 16.3. The van der Waals surface area contributed by atoms with Crippen molar-refractivity contribution in [1.29, 1.82) is 0 Å². The summed E-state index contributed by atoms with van der Waals surface area (Å²) >= 11 is 1.54. The average molecular weight is 309 g/mol. The molecule has 0 unspecified atom stereocenters. The van der Waals surface area contributed by atoms with Crippen LogP contribution in [0, 0.1) is 13.8 Å².